The van der Waals surface area contributed by atoms with Crippen molar-refractivity contribution >= 4 is 11.9 Å². The second-order valence-corrected chi connectivity index (χ2v) is 11.4. The topological polar surface area (TPSA) is 43.9 Å². The van der Waals surface area contributed by atoms with Crippen LogP contribution in [0.3, 0.4) is 0 Å². The third-order valence-electron chi connectivity index (χ3n) is 8.66. The number of fused-ring (bicyclic) bond motifs is 1. The standard InChI is InChI=1S/C32H37F4N3O2/c1-7-11-31(12-8-2)19-27-28(26-10-9-25(33)17-21(26)4)39(14-13-38(27)29(31)40)30(41)37(6)22(5)23-15-20(3)16-24(18-23)32(34,35)36/h7-10,15-18,22,27-28H,1-2,11-14,19H2,3-6H3/t22-,27?,28+/m1/s1. The van der Waals surface area contributed by atoms with Crippen LogP contribution in [0, 0.1) is 25.1 Å². The Labute approximate surface area is 239 Å². The van der Waals surface area contributed by atoms with Gasteiger partial charge in [0.1, 0.15) is 5.82 Å². The summed E-state index contributed by atoms with van der Waals surface area (Å²) in [7, 11) is 1.57. The van der Waals surface area contributed by atoms with Crippen LogP contribution in [-0.4, -0.2) is 52.8 Å². The maximum Gasteiger partial charge on any atom is 0.416 e. The molecule has 2 saturated heterocycles. The van der Waals surface area contributed by atoms with Crippen molar-refractivity contribution in [1.29, 1.82) is 0 Å². The van der Waals surface area contributed by atoms with E-state index in [1.807, 2.05) is 4.90 Å². The second-order valence-electron chi connectivity index (χ2n) is 11.4. The molecule has 2 aromatic rings. The summed E-state index contributed by atoms with van der Waals surface area (Å²) in [6.07, 6.45) is 0.324. The summed E-state index contributed by atoms with van der Waals surface area (Å²) < 4.78 is 54.7. The molecule has 0 radical (unpaired) electrons. The molecule has 2 heterocycles. The molecule has 0 saturated carbocycles. The maximum atomic E-state index is 14.1. The molecule has 41 heavy (non-hydrogen) atoms. The Morgan fingerprint density at radius 2 is 1.78 bits per heavy atom. The van der Waals surface area contributed by atoms with E-state index in [1.54, 1.807) is 57.0 Å². The van der Waals surface area contributed by atoms with Crippen molar-refractivity contribution in [3.05, 3.63) is 95.3 Å². The Morgan fingerprint density at radius 3 is 2.37 bits per heavy atom. The summed E-state index contributed by atoms with van der Waals surface area (Å²) in [5.74, 6) is -0.419. The normalized spacial score (nSPS) is 20.9. The lowest BCUT2D eigenvalue weighted by molar-refractivity contribution is -0.139. The van der Waals surface area contributed by atoms with Gasteiger partial charge >= 0.3 is 12.2 Å². The molecule has 2 aromatic carbocycles. The van der Waals surface area contributed by atoms with Crippen molar-refractivity contribution in [1.82, 2.24) is 14.7 Å². The minimum Gasteiger partial charge on any atom is -0.335 e. The fourth-order valence-corrected chi connectivity index (χ4v) is 6.51. The zero-order valence-corrected chi connectivity index (χ0v) is 24.0. The fraction of sp³-hybridized carbons (Fsp3) is 0.438. The summed E-state index contributed by atoms with van der Waals surface area (Å²) in [5.41, 5.74) is 0.699. The first-order chi connectivity index (χ1) is 19.2. The third kappa shape index (κ3) is 5.63. The molecular weight excluding hydrogens is 534 g/mol. The number of alkyl halides is 3. The minimum absolute atomic E-state index is 0.0136. The SMILES string of the molecule is C=CCC1(CC=C)CC2[C@H](c3ccc(F)cc3C)N(C(=O)N(C)[C@H](C)c3cc(C)cc(C(F)(F)F)c3)CCN2C1=O. The first kappa shape index (κ1) is 30.3. The lowest BCUT2D eigenvalue weighted by atomic mass is 9.76. The van der Waals surface area contributed by atoms with E-state index in [-0.39, 0.29) is 24.5 Å². The van der Waals surface area contributed by atoms with Crippen molar-refractivity contribution < 1.29 is 27.2 Å². The van der Waals surface area contributed by atoms with Gasteiger partial charge in [-0.3, -0.25) is 4.79 Å². The Morgan fingerprint density at radius 1 is 1.12 bits per heavy atom. The van der Waals surface area contributed by atoms with E-state index < -0.39 is 35.1 Å². The number of benzene rings is 2. The number of piperazine rings is 1. The maximum absolute atomic E-state index is 14.1. The first-order valence-electron chi connectivity index (χ1n) is 13.7. The summed E-state index contributed by atoms with van der Waals surface area (Å²) in [6.45, 7) is 13.3. The Bertz CT molecular complexity index is 1340. The second kappa shape index (κ2) is 11.3. The van der Waals surface area contributed by atoms with Crippen LogP contribution in [0.25, 0.3) is 0 Å². The number of nitrogens with zero attached hydrogens (tertiary/aromatic N) is 3. The monoisotopic (exact) mass is 571 g/mol. The van der Waals surface area contributed by atoms with E-state index in [0.29, 0.717) is 42.5 Å². The van der Waals surface area contributed by atoms with Gasteiger partial charge in [0, 0.05) is 20.1 Å². The molecule has 0 N–H and O–H groups in total. The van der Waals surface area contributed by atoms with Gasteiger partial charge in [0.05, 0.1) is 29.1 Å². The van der Waals surface area contributed by atoms with E-state index in [1.165, 1.54) is 17.0 Å². The van der Waals surface area contributed by atoms with Gasteiger partial charge in [-0.05, 0) is 81.0 Å². The van der Waals surface area contributed by atoms with Gasteiger partial charge in [-0.2, -0.15) is 13.2 Å². The lowest BCUT2D eigenvalue weighted by Gasteiger charge is -2.47. The Kier molecular flexibility index (Phi) is 8.39. The molecule has 0 spiro atoms. The van der Waals surface area contributed by atoms with E-state index >= 15 is 0 Å². The number of allylic oxidation sites excluding steroid dienone is 2. The number of rotatable bonds is 7. The fourth-order valence-electron chi connectivity index (χ4n) is 6.51. The van der Waals surface area contributed by atoms with Crippen LogP contribution in [-0.2, 0) is 11.0 Å². The molecule has 0 aliphatic carbocycles. The average molecular weight is 572 g/mol. The molecule has 1 unspecified atom stereocenters. The van der Waals surface area contributed by atoms with Crippen LogP contribution in [0.2, 0.25) is 0 Å². The first-order valence-corrected chi connectivity index (χ1v) is 13.7. The zero-order chi connectivity index (χ0) is 30.3. The molecule has 4 rings (SSSR count). The number of urea groups is 1. The van der Waals surface area contributed by atoms with Gasteiger partial charge in [-0.1, -0.05) is 29.8 Å². The molecule has 3 atom stereocenters. The van der Waals surface area contributed by atoms with Crippen molar-refractivity contribution in [3.63, 3.8) is 0 Å². The van der Waals surface area contributed by atoms with E-state index in [0.717, 1.165) is 17.7 Å². The predicted octanol–water partition coefficient (Wildman–Crippen LogP) is 7.37. The number of carbonyl (C=O) groups excluding carboxylic acids is 2. The highest BCUT2D eigenvalue weighted by Gasteiger charge is 2.56. The van der Waals surface area contributed by atoms with Gasteiger partial charge in [-0.25, -0.2) is 9.18 Å². The number of hydrogen-bond acceptors (Lipinski definition) is 2. The van der Waals surface area contributed by atoms with Gasteiger partial charge in [-0.15, -0.1) is 13.2 Å². The average Bonchev–Trinajstić information content (AvgIpc) is 3.18. The van der Waals surface area contributed by atoms with Crippen molar-refractivity contribution in [2.75, 3.05) is 20.1 Å². The summed E-state index contributed by atoms with van der Waals surface area (Å²) in [6, 6.07) is 6.24. The van der Waals surface area contributed by atoms with Gasteiger partial charge in [0.25, 0.3) is 0 Å². The van der Waals surface area contributed by atoms with Gasteiger partial charge in [0.15, 0.2) is 0 Å². The number of carbonyl (C=O) groups is 2. The molecular formula is C32H37F4N3O2. The van der Waals surface area contributed by atoms with E-state index in [4.69, 9.17) is 0 Å². The van der Waals surface area contributed by atoms with Crippen molar-refractivity contribution in [2.24, 2.45) is 5.41 Å². The van der Waals surface area contributed by atoms with Crippen LogP contribution in [0.15, 0.2) is 61.7 Å². The summed E-state index contributed by atoms with van der Waals surface area (Å²) in [5, 5.41) is 0. The number of halogens is 4. The molecule has 5 nitrogen and oxygen atoms in total. The van der Waals surface area contributed by atoms with Gasteiger partial charge < -0.3 is 14.7 Å². The number of amides is 3. The van der Waals surface area contributed by atoms with Gasteiger partial charge in [0.2, 0.25) is 5.91 Å². The summed E-state index contributed by atoms with van der Waals surface area (Å²) >= 11 is 0. The molecule has 2 aliphatic heterocycles. The minimum atomic E-state index is -4.51. The quantitative estimate of drug-likeness (QED) is 0.257. The largest absolute Gasteiger partial charge is 0.416 e. The molecule has 0 bridgehead atoms. The van der Waals surface area contributed by atoms with Crippen LogP contribution in [0.5, 0.6) is 0 Å². The van der Waals surface area contributed by atoms with Crippen molar-refractivity contribution in [3.8, 4) is 0 Å². The molecule has 2 fully saturated rings. The van der Waals surface area contributed by atoms with E-state index in [2.05, 4.69) is 13.2 Å². The lowest BCUT2D eigenvalue weighted by Crippen LogP contribution is -2.57. The Balaban J connectivity index is 1.74. The van der Waals surface area contributed by atoms with Crippen LogP contribution >= 0.6 is 0 Å². The highest BCUT2D eigenvalue weighted by molar-refractivity contribution is 5.87. The van der Waals surface area contributed by atoms with Crippen LogP contribution < -0.4 is 0 Å². The zero-order valence-electron chi connectivity index (χ0n) is 24.0. The molecule has 220 valence electrons. The van der Waals surface area contributed by atoms with Crippen molar-refractivity contribution in [2.45, 2.75) is 64.3 Å². The highest BCUT2D eigenvalue weighted by Crippen LogP contribution is 2.50. The molecule has 9 heteroatoms. The molecule has 3 amide bonds. The van der Waals surface area contributed by atoms with Crippen LogP contribution in [0.4, 0.5) is 22.4 Å². The Hall–Kier alpha value is -3.62. The van der Waals surface area contributed by atoms with Crippen LogP contribution in [0.1, 0.15) is 66.1 Å². The smallest absolute Gasteiger partial charge is 0.335 e. The summed E-state index contributed by atoms with van der Waals surface area (Å²) in [4.78, 5) is 32.9. The molecule has 0 aromatic heterocycles. The number of aryl methyl sites for hydroxylation is 2. The highest BCUT2D eigenvalue weighted by atomic mass is 19.4. The molecule has 2 aliphatic rings. The van der Waals surface area contributed by atoms with E-state index in [9.17, 15) is 27.2 Å². The number of hydrogen-bond donors (Lipinski definition) is 0. The third-order valence-corrected chi connectivity index (χ3v) is 8.66. The predicted molar refractivity (Wildman–Crippen MR) is 151 cm³/mol.